The Bertz CT molecular complexity index is 755. The summed E-state index contributed by atoms with van der Waals surface area (Å²) in [6, 6.07) is 19.3. The summed E-state index contributed by atoms with van der Waals surface area (Å²) in [7, 11) is 1.81. The smallest absolute Gasteiger partial charge is 0.245 e. The van der Waals surface area contributed by atoms with Gasteiger partial charge in [-0.15, -0.1) is 0 Å². The molecule has 0 bridgehead atoms. The molecule has 0 saturated heterocycles. The molecule has 1 fully saturated rings. The summed E-state index contributed by atoms with van der Waals surface area (Å²) >= 11 is 0. The van der Waals surface area contributed by atoms with Gasteiger partial charge in [-0.05, 0) is 24.0 Å². The largest absolute Gasteiger partial charge is 0.344 e. The molecule has 1 saturated carbocycles. The second kappa shape index (κ2) is 10.1. The topological polar surface area (TPSA) is 49.4 Å². The van der Waals surface area contributed by atoms with Crippen molar-refractivity contribution in [3.05, 3.63) is 71.8 Å². The number of nitrogens with zero attached hydrogens (tertiary/aromatic N) is 1. The Labute approximate surface area is 167 Å². The van der Waals surface area contributed by atoms with Crippen LogP contribution >= 0.6 is 0 Å². The molecule has 0 aliphatic heterocycles. The SMILES string of the molecule is CN(Cc1ccccc1)C(=O)[C@H](Cc1ccccc1)NC(=O)C1CCCCC1. The van der Waals surface area contributed by atoms with Gasteiger partial charge in [0.15, 0.2) is 0 Å². The first-order chi connectivity index (χ1) is 13.6. The fourth-order valence-corrected chi connectivity index (χ4v) is 3.91. The number of nitrogens with one attached hydrogen (secondary N) is 1. The number of amides is 2. The predicted octanol–water partition coefficient (Wildman–Crippen LogP) is 3.95. The average molecular weight is 379 g/mol. The van der Waals surface area contributed by atoms with Gasteiger partial charge in [-0.2, -0.15) is 0 Å². The maximum absolute atomic E-state index is 13.2. The van der Waals surface area contributed by atoms with Crippen molar-refractivity contribution >= 4 is 11.8 Å². The third-order valence-corrected chi connectivity index (χ3v) is 5.51. The Morgan fingerprint density at radius 1 is 0.929 bits per heavy atom. The Hall–Kier alpha value is -2.62. The van der Waals surface area contributed by atoms with Crippen LogP contribution in [0, 0.1) is 5.92 Å². The standard InChI is InChI=1S/C24H30N2O2/c1-26(18-20-13-7-3-8-14-20)24(28)22(17-19-11-5-2-6-12-19)25-23(27)21-15-9-4-10-16-21/h2-3,5-8,11-14,21-22H,4,9-10,15-18H2,1H3,(H,25,27)/t22-/m0/s1. The molecule has 2 aromatic rings. The summed E-state index contributed by atoms with van der Waals surface area (Å²) in [4.78, 5) is 27.7. The summed E-state index contributed by atoms with van der Waals surface area (Å²) in [6.07, 6.45) is 5.77. The van der Waals surface area contributed by atoms with E-state index in [1.54, 1.807) is 11.9 Å². The first kappa shape index (κ1) is 20.1. The summed E-state index contributed by atoms with van der Waals surface area (Å²) in [6.45, 7) is 0.532. The van der Waals surface area contributed by atoms with Crippen molar-refractivity contribution in [2.24, 2.45) is 5.92 Å². The molecule has 1 aliphatic carbocycles. The first-order valence-electron chi connectivity index (χ1n) is 10.3. The van der Waals surface area contributed by atoms with Gasteiger partial charge in [0.2, 0.25) is 11.8 Å². The van der Waals surface area contributed by atoms with Crippen LogP contribution < -0.4 is 5.32 Å². The third kappa shape index (κ3) is 5.69. The summed E-state index contributed by atoms with van der Waals surface area (Å²) in [5.74, 6) is 0.0261. The molecule has 4 heteroatoms. The maximum atomic E-state index is 13.2. The van der Waals surface area contributed by atoms with Crippen molar-refractivity contribution in [1.29, 1.82) is 0 Å². The van der Waals surface area contributed by atoms with Gasteiger partial charge in [0, 0.05) is 25.9 Å². The molecule has 28 heavy (non-hydrogen) atoms. The Morgan fingerprint density at radius 2 is 1.50 bits per heavy atom. The molecule has 0 heterocycles. The lowest BCUT2D eigenvalue weighted by molar-refractivity contribution is -0.137. The molecule has 1 atom stereocenters. The van der Waals surface area contributed by atoms with Gasteiger partial charge in [-0.1, -0.05) is 79.9 Å². The zero-order chi connectivity index (χ0) is 19.8. The molecular weight excluding hydrogens is 348 g/mol. The van der Waals surface area contributed by atoms with Gasteiger partial charge < -0.3 is 10.2 Å². The number of likely N-dealkylation sites (N-methyl/N-ethyl adjacent to an activating group) is 1. The fraction of sp³-hybridized carbons (Fsp3) is 0.417. The van der Waals surface area contributed by atoms with Gasteiger partial charge in [-0.25, -0.2) is 0 Å². The highest BCUT2D eigenvalue weighted by atomic mass is 16.2. The Balaban J connectivity index is 1.70. The normalized spacial score (nSPS) is 15.6. The van der Waals surface area contributed by atoms with Crippen LogP contribution in [0.25, 0.3) is 0 Å². The second-order valence-electron chi connectivity index (χ2n) is 7.77. The summed E-state index contributed by atoms with van der Waals surface area (Å²) in [5, 5.41) is 3.07. The number of rotatable bonds is 7. The van der Waals surface area contributed by atoms with Gasteiger partial charge >= 0.3 is 0 Å². The molecule has 148 valence electrons. The van der Waals surface area contributed by atoms with E-state index >= 15 is 0 Å². The van der Waals surface area contributed by atoms with Crippen LogP contribution in [0.5, 0.6) is 0 Å². The predicted molar refractivity (Wildman–Crippen MR) is 112 cm³/mol. The van der Waals surface area contributed by atoms with Crippen molar-refractivity contribution < 1.29 is 9.59 Å². The highest BCUT2D eigenvalue weighted by Crippen LogP contribution is 2.24. The number of carbonyl (C=O) groups is 2. The molecule has 3 rings (SSSR count). The summed E-state index contributed by atoms with van der Waals surface area (Å²) in [5.41, 5.74) is 2.13. The van der Waals surface area contributed by atoms with E-state index in [0.717, 1.165) is 36.8 Å². The van der Waals surface area contributed by atoms with Crippen LogP contribution in [0.15, 0.2) is 60.7 Å². The molecule has 2 aromatic carbocycles. The van der Waals surface area contributed by atoms with Gasteiger partial charge in [0.05, 0.1) is 0 Å². The lowest BCUT2D eigenvalue weighted by Gasteiger charge is -2.28. The highest BCUT2D eigenvalue weighted by molar-refractivity contribution is 5.88. The van der Waals surface area contributed by atoms with E-state index in [0.29, 0.717) is 13.0 Å². The molecule has 0 radical (unpaired) electrons. The van der Waals surface area contributed by atoms with Crippen LogP contribution in [0.4, 0.5) is 0 Å². The highest BCUT2D eigenvalue weighted by Gasteiger charge is 2.28. The molecule has 0 aromatic heterocycles. The van der Waals surface area contributed by atoms with Gasteiger partial charge in [0.25, 0.3) is 0 Å². The molecule has 0 unspecified atom stereocenters. The van der Waals surface area contributed by atoms with E-state index in [1.165, 1.54) is 6.42 Å². The van der Waals surface area contributed by atoms with Crippen molar-refractivity contribution in [2.45, 2.75) is 51.1 Å². The first-order valence-corrected chi connectivity index (χ1v) is 10.3. The molecule has 1 aliphatic rings. The molecule has 1 N–H and O–H groups in total. The van der Waals surface area contributed by atoms with E-state index in [1.807, 2.05) is 60.7 Å². The lowest BCUT2D eigenvalue weighted by Crippen LogP contribution is -2.50. The number of hydrogen-bond acceptors (Lipinski definition) is 2. The van der Waals surface area contributed by atoms with E-state index in [9.17, 15) is 9.59 Å². The molecule has 0 spiro atoms. The van der Waals surface area contributed by atoms with Crippen molar-refractivity contribution in [3.8, 4) is 0 Å². The molecule has 2 amide bonds. The van der Waals surface area contributed by atoms with Crippen LogP contribution in [0.2, 0.25) is 0 Å². The van der Waals surface area contributed by atoms with Crippen molar-refractivity contribution in [2.75, 3.05) is 7.05 Å². The third-order valence-electron chi connectivity index (χ3n) is 5.51. The van der Waals surface area contributed by atoms with Crippen LogP contribution in [0.3, 0.4) is 0 Å². The summed E-state index contributed by atoms with van der Waals surface area (Å²) < 4.78 is 0. The number of hydrogen-bond donors (Lipinski definition) is 1. The average Bonchev–Trinajstić information content (AvgIpc) is 2.74. The minimum absolute atomic E-state index is 0.0297. The van der Waals surface area contributed by atoms with E-state index in [-0.39, 0.29) is 17.7 Å². The van der Waals surface area contributed by atoms with Crippen LogP contribution in [-0.2, 0) is 22.6 Å². The maximum Gasteiger partial charge on any atom is 0.245 e. The van der Waals surface area contributed by atoms with E-state index in [2.05, 4.69) is 5.32 Å². The zero-order valence-electron chi connectivity index (χ0n) is 16.6. The van der Waals surface area contributed by atoms with Crippen LogP contribution in [0.1, 0.15) is 43.2 Å². The molecule has 4 nitrogen and oxygen atoms in total. The minimum Gasteiger partial charge on any atom is -0.344 e. The van der Waals surface area contributed by atoms with Gasteiger partial charge in [0.1, 0.15) is 6.04 Å². The van der Waals surface area contributed by atoms with Crippen molar-refractivity contribution in [3.63, 3.8) is 0 Å². The lowest BCUT2D eigenvalue weighted by atomic mass is 9.88. The van der Waals surface area contributed by atoms with Crippen molar-refractivity contribution in [1.82, 2.24) is 10.2 Å². The van der Waals surface area contributed by atoms with E-state index < -0.39 is 6.04 Å². The Morgan fingerprint density at radius 3 is 2.11 bits per heavy atom. The minimum atomic E-state index is -0.537. The fourth-order valence-electron chi connectivity index (χ4n) is 3.91. The van der Waals surface area contributed by atoms with Crippen LogP contribution in [-0.4, -0.2) is 29.8 Å². The monoisotopic (exact) mass is 378 g/mol. The zero-order valence-corrected chi connectivity index (χ0v) is 16.6. The Kier molecular flexibility index (Phi) is 7.24. The molecular formula is C24H30N2O2. The number of benzene rings is 2. The number of carbonyl (C=O) groups excluding carboxylic acids is 2. The van der Waals surface area contributed by atoms with Gasteiger partial charge in [-0.3, -0.25) is 9.59 Å². The quantitative estimate of drug-likeness (QED) is 0.793. The second-order valence-corrected chi connectivity index (χ2v) is 7.77. The van der Waals surface area contributed by atoms with E-state index in [4.69, 9.17) is 0 Å².